The van der Waals surface area contributed by atoms with Gasteiger partial charge < -0.3 is 5.11 Å². The first-order valence-corrected chi connectivity index (χ1v) is 6.01. The average Bonchev–Trinajstić information content (AvgIpc) is 2.77. The highest BCUT2D eigenvalue weighted by molar-refractivity contribution is 7.99. The van der Waals surface area contributed by atoms with Gasteiger partial charge in [-0.1, -0.05) is 6.07 Å². The third kappa shape index (κ3) is 15.7. The lowest BCUT2D eigenvalue weighted by molar-refractivity contribution is -0.134. The van der Waals surface area contributed by atoms with E-state index in [0.29, 0.717) is 0 Å². The molecule has 4 heteroatoms. The van der Waals surface area contributed by atoms with Gasteiger partial charge in [0, 0.05) is 19.3 Å². The second-order valence-corrected chi connectivity index (χ2v) is 4.09. The van der Waals surface area contributed by atoms with Gasteiger partial charge in [-0.05, 0) is 36.5 Å². The number of carboxylic acids is 1. The number of rotatable bonds is 0. The van der Waals surface area contributed by atoms with Crippen molar-refractivity contribution in [1.29, 1.82) is 0 Å². The van der Waals surface area contributed by atoms with Crippen LogP contribution in [0.25, 0.3) is 0 Å². The molecule has 0 unspecified atom stereocenters. The Bertz CT molecular complexity index is 199. The zero-order valence-corrected chi connectivity index (χ0v) is 9.74. The predicted molar refractivity (Wildman–Crippen MR) is 64.1 cm³/mol. The lowest BCUT2D eigenvalue weighted by Gasteiger charge is -1.70. The van der Waals surface area contributed by atoms with Gasteiger partial charge in [-0.25, -0.2) is 0 Å². The van der Waals surface area contributed by atoms with E-state index < -0.39 is 5.97 Å². The molecule has 1 fully saturated rings. The van der Waals surface area contributed by atoms with Gasteiger partial charge >= 0.3 is 0 Å². The minimum Gasteiger partial charge on any atom is -0.481 e. The number of hydrogen-bond acceptors (Lipinski definition) is 3. The summed E-state index contributed by atoms with van der Waals surface area (Å²) in [6.07, 6.45) is 6.43. The Hall–Kier alpha value is -1.03. The number of hydrogen-bond donors (Lipinski definition) is 1. The van der Waals surface area contributed by atoms with E-state index in [4.69, 9.17) is 9.90 Å². The van der Waals surface area contributed by atoms with Crippen LogP contribution in [0.3, 0.4) is 0 Å². The summed E-state index contributed by atoms with van der Waals surface area (Å²) in [5.41, 5.74) is 0. The predicted octanol–water partition coefficient (Wildman–Crippen LogP) is 2.69. The maximum Gasteiger partial charge on any atom is 0.300 e. The Morgan fingerprint density at radius 1 is 1.20 bits per heavy atom. The van der Waals surface area contributed by atoms with E-state index >= 15 is 0 Å². The molecule has 0 atom stereocenters. The van der Waals surface area contributed by atoms with Gasteiger partial charge in [0.2, 0.25) is 0 Å². The van der Waals surface area contributed by atoms with Crippen molar-refractivity contribution in [2.45, 2.75) is 19.8 Å². The number of thioether (sulfide) groups is 1. The van der Waals surface area contributed by atoms with E-state index in [-0.39, 0.29) is 0 Å². The van der Waals surface area contributed by atoms with Crippen LogP contribution in [0.1, 0.15) is 19.8 Å². The second kappa shape index (κ2) is 11.0. The molecule has 2 rings (SSSR count). The molecule has 1 saturated heterocycles. The summed E-state index contributed by atoms with van der Waals surface area (Å²) in [4.78, 5) is 12.8. The molecule has 84 valence electrons. The summed E-state index contributed by atoms with van der Waals surface area (Å²) in [6.45, 7) is 1.08. The first-order chi connectivity index (χ1) is 7.23. The molecule has 0 spiro atoms. The Balaban J connectivity index is 0.000000202. The molecule has 0 aromatic carbocycles. The van der Waals surface area contributed by atoms with Crippen molar-refractivity contribution in [2.24, 2.45) is 0 Å². The van der Waals surface area contributed by atoms with Crippen molar-refractivity contribution in [1.82, 2.24) is 4.98 Å². The van der Waals surface area contributed by atoms with Gasteiger partial charge in [-0.2, -0.15) is 11.8 Å². The zero-order chi connectivity index (χ0) is 11.4. The standard InChI is InChI=1S/C5H5N.C4H8S.C2H4O2/c1-2-4-6-5-3-1;1-2-4-5-3-1;1-2(3)4/h1-5H;1-4H2;1H3,(H,3,4). The Labute approximate surface area is 94.9 Å². The van der Waals surface area contributed by atoms with Crippen LogP contribution in [-0.2, 0) is 4.79 Å². The molecule has 3 nitrogen and oxygen atoms in total. The maximum atomic E-state index is 9.00. The third-order valence-corrected chi connectivity index (χ3v) is 2.55. The van der Waals surface area contributed by atoms with Gasteiger partial charge in [0.15, 0.2) is 0 Å². The monoisotopic (exact) mass is 227 g/mol. The van der Waals surface area contributed by atoms with Crippen molar-refractivity contribution in [2.75, 3.05) is 11.5 Å². The lowest BCUT2D eigenvalue weighted by atomic mass is 10.4. The SMILES string of the molecule is C1CCSC1.CC(=O)O.c1ccncc1. The normalized spacial score (nSPS) is 12.9. The minimum atomic E-state index is -0.833. The molecule has 0 bridgehead atoms. The fourth-order valence-corrected chi connectivity index (χ4v) is 1.84. The molecule has 0 saturated carbocycles. The number of aliphatic carboxylic acids is 1. The fourth-order valence-electron chi connectivity index (χ4n) is 0.823. The molecule has 0 aliphatic carbocycles. The summed E-state index contributed by atoms with van der Waals surface area (Å²) < 4.78 is 0. The number of nitrogens with zero attached hydrogens (tertiary/aromatic N) is 1. The summed E-state index contributed by atoms with van der Waals surface area (Å²) in [5.74, 6) is 2.00. The van der Waals surface area contributed by atoms with E-state index in [0.717, 1.165) is 6.92 Å². The van der Waals surface area contributed by atoms with Gasteiger partial charge in [-0.3, -0.25) is 9.78 Å². The smallest absolute Gasteiger partial charge is 0.300 e. The van der Waals surface area contributed by atoms with E-state index in [2.05, 4.69) is 16.7 Å². The average molecular weight is 227 g/mol. The molecular formula is C11H17NO2S. The number of carboxylic acid groups (broad SMARTS) is 1. The highest BCUT2D eigenvalue weighted by Crippen LogP contribution is 2.14. The first-order valence-electron chi connectivity index (χ1n) is 4.85. The maximum absolute atomic E-state index is 9.00. The zero-order valence-electron chi connectivity index (χ0n) is 8.93. The van der Waals surface area contributed by atoms with Gasteiger partial charge in [0.1, 0.15) is 0 Å². The third-order valence-electron chi connectivity index (χ3n) is 1.39. The quantitative estimate of drug-likeness (QED) is 0.740. The van der Waals surface area contributed by atoms with Crippen LogP contribution >= 0.6 is 11.8 Å². The fraction of sp³-hybridized carbons (Fsp3) is 0.455. The highest BCUT2D eigenvalue weighted by Gasteiger charge is 1.95. The molecule has 15 heavy (non-hydrogen) atoms. The molecule has 0 radical (unpaired) electrons. The van der Waals surface area contributed by atoms with Crippen molar-refractivity contribution < 1.29 is 9.90 Å². The Morgan fingerprint density at radius 2 is 1.67 bits per heavy atom. The van der Waals surface area contributed by atoms with E-state index in [1.807, 2.05) is 18.2 Å². The topological polar surface area (TPSA) is 50.2 Å². The van der Waals surface area contributed by atoms with Crippen LogP contribution in [0, 0.1) is 0 Å². The second-order valence-electron chi connectivity index (χ2n) is 2.86. The van der Waals surface area contributed by atoms with E-state index in [9.17, 15) is 0 Å². The Morgan fingerprint density at radius 3 is 1.80 bits per heavy atom. The van der Waals surface area contributed by atoms with Crippen molar-refractivity contribution >= 4 is 17.7 Å². The molecule has 2 heterocycles. The van der Waals surface area contributed by atoms with Crippen LogP contribution in [0.15, 0.2) is 30.6 Å². The van der Waals surface area contributed by atoms with Gasteiger partial charge in [-0.15, -0.1) is 0 Å². The molecule has 1 aliphatic heterocycles. The lowest BCUT2D eigenvalue weighted by Crippen LogP contribution is -1.78. The van der Waals surface area contributed by atoms with E-state index in [1.165, 1.54) is 24.3 Å². The summed E-state index contributed by atoms with van der Waals surface area (Å²) in [6, 6.07) is 5.72. The highest BCUT2D eigenvalue weighted by atomic mass is 32.2. The molecule has 1 N–H and O–H groups in total. The van der Waals surface area contributed by atoms with Crippen LogP contribution in [0.2, 0.25) is 0 Å². The van der Waals surface area contributed by atoms with Crippen LogP contribution < -0.4 is 0 Å². The molecule has 0 amide bonds. The number of pyridine rings is 1. The first kappa shape index (κ1) is 14.0. The van der Waals surface area contributed by atoms with Gasteiger partial charge in [0.05, 0.1) is 0 Å². The van der Waals surface area contributed by atoms with Crippen molar-refractivity contribution in [3.63, 3.8) is 0 Å². The van der Waals surface area contributed by atoms with Crippen LogP contribution in [-0.4, -0.2) is 27.6 Å². The summed E-state index contributed by atoms with van der Waals surface area (Å²) in [7, 11) is 0. The summed E-state index contributed by atoms with van der Waals surface area (Å²) >= 11 is 2.07. The van der Waals surface area contributed by atoms with Crippen molar-refractivity contribution in [3.05, 3.63) is 30.6 Å². The molecule has 1 aliphatic rings. The van der Waals surface area contributed by atoms with Crippen LogP contribution in [0.5, 0.6) is 0 Å². The minimum absolute atomic E-state index is 0.833. The van der Waals surface area contributed by atoms with Gasteiger partial charge in [0.25, 0.3) is 5.97 Å². The largest absolute Gasteiger partial charge is 0.481 e. The number of aromatic nitrogens is 1. The summed E-state index contributed by atoms with van der Waals surface area (Å²) in [5, 5.41) is 7.42. The molecular weight excluding hydrogens is 210 g/mol. The van der Waals surface area contributed by atoms with Crippen LogP contribution in [0.4, 0.5) is 0 Å². The van der Waals surface area contributed by atoms with E-state index in [1.54, 1.807) is 12.4 Å². The van der Waals surface area contributed by atoms with Crippen molar-refractivity contribution in [3.8, 4) is 0 Å². The number of carbonyl (C=O) groups is 1. The molecule has 1 aromatic rings. The Kier molecular flexibility index (Phi) is 10.3. The molecule has 1 aromatic heterocycles.